The highest BCUT2D eigenvalue weighted by atomic mass is 32.1. The summed E-state index contributed by atoms with van der Waals surface area (Å²) < 4.78 is 11.0. The molecular formula is C13H16N2O2S. The molecule has 0 aliphatic carbocycles. The molecule has 0 amide bonds. The van der Waals surface area contributed by atoms with Crippen molar-refractivity contribution in [1.29, 1.82) is 0 Å². The van der Waals surface area contributed by atoms with E-state index in [1.54, 1.807) is 24.6 Å². The van der Waals surface area contributed by atoms with Crippen LogP contribution in [-0.2, 0) is 6.61 Å². The standard InChI is InChI=1S/C13H16N2O2S/c1-9(14)11-4-3-10(16-2)7-12(11)17-8-13-15-5-6-18-13/h3-7,9H,8,14H2,1-2H3/t9-/m1/s1. The Kier molecular flexibility index (Phi) is 4.17. The van der Waals surface area contributed by atoms with Crippen molar-refractivity contribution in [3.63, 3.8) is 0 Å². The molecule has 0 saturated heterocycles. The van der Waals surface area contributed by atoms with E-state index >= 15 is 0 Å². The van der Waals surface area contributed by atoms with E-state index in [9.17, 15) is 0 Å². The molecule has 0 aliphatic heterocycles. The van der Waals surface area contributed by atoms with E-state index in [-0.39, 0.29) is 6.04 Å². The number of hydrogen-bond donors (Lipinski definition) is 1. The van der Waals surface area contributed by atoms with E-state index in [0.29, 0.717) is 6.61 Å². The molecule has 0 spiro atoms. The number of nitrogens with zero attached hydrogens (tertiary/aromatic N) is 1. The number of hydrogen-bond acceptors (Lipinski definition) is 5. The molecule has 2 rings (SSSR count). The minimum Gasteiger partial charge on any atom is -0.497 e. The van der Waals surface area contributed by atoms with Gasteiger partial charge in [0.2, 0.25) is 0 Å². The van der Waals surface area contributed by atoms with Crippen molar-refractivity contribution < 1.29 is 9.47 Å². The SMILES string of the molecule is COc1ccc([C@@H](C)N)c(OCc2nccs2)c1. The lowest BCUT2D eigenvalue weighted by atomic mass is 10.1. The fourth-order valence-electron chi connectivity index (χ4n) is 1.61. The Morgan fingerprint density at radius 2 is 2.28 bits per heavy atom. The number of nitrogens with two attached hydrogens (primary N) is 1. The summed E-state index contributed by atoms with van der Waals surface area (Å²) in [7, 11) is 1.63. The van der Waals surface area contributed by atoms with E-state index in [4.69, 9.17) is 15.2 Å². The maximum atomic E-state index is 5.92. The molecule has 2 aromatic rings. The van der Waals surface area contributed by atoms with Gasteiger partial charge in [0, 0.05) is 29.2 Å². The first-order valence-electron chi connectivity index (χ1n) is 5.65. The van der Waals surface area contributed by atoms with Crippen molar-refractivity contribution >= 4 is 11.3 Å². The lowest BCUT2D eigenvalue weighted by molar-refractivity contribution is 0.298. The highest BCUT2D eigenvalue weighted by molar-refractivity contribution is 7.09. The molecule has 1 aromatic carbocycles. The molecule has 1 atom stereocenters. The zero-order chi connectivity index (χ0) is 13.0. The second-order valence-electron chi connectivity index (χ2n) is 3.91. The first-order valence-corrected chi connectivity index (χ1v) is 6.53. The molecule has 0 bridgehead atoms. The highest BCUT2D eigenvalue weighted by Crippen LogP contribution is 2.29. The van der Waals surface area contributed by atoms with E-state index in [2.05, 4.69) is 4.98 Å². The van der Waals surface area contributed by atoms with Crippen LogP contribution in [0.15, 0.2) is 29.8 Å². The van der Waals surface area contributed by atoms with Gasteiger partial charge in [0.15, 0.2) is 0 Å². The van der Waals surface area contributed by atoms with Gasteiger partial charge in [-0.1, -0.05) is 6.07 Å². The summed E-state index contributed by atoms with van der Waals surface area (Å²) in [6, 6.07) is 5.59. The summed E-state index contributed by atoms with van der Waals surface area (Å²) in [6.45, 7) is 2.38. The van der Waals surface area contributed by atoms with Gasteiger partial charge in [-0.3, -0.25) is 0 Å². The average Bonchev–Trinajstić information content (AvgIpc) is 2.88. The third-order valence-corrected chi connectivity index (χ3v) is 3.30. The summed E-state index contributed by atoms with van der Waals surface area (Å²) in [5.41, 5.74) is 6.89. The number of thiazole rings is 1. The quantitative estimate of drug-likeness (QED) is 0.902. The largest absolute Gasteiger partial charge is 0.497 e. The van der Waals surface area contributed by atoms with E-state index < -0.39 is 0 Å². The number of benzene rings is 1. The predicted molar refractivity (Wildman–Crippen MR) is 72.0 cm³/mol. The molecule has 96 valence electrons. The molecule has 0 saturated carbocycles. The van der Waals surface area contributed by atoms with Crippen molar-refractivity contribution in [1.82, 2.24) is 4.98 Å². The van der Waals surface area contributed by atoms with Crippen molar-refractivity contribution in [3.05, 3.63) is 40.3 Å². The van der Waals surface area contributed by atoms with Crippen LogP contribution < -0.4 is 15.2 Å². The Morgan fingerprint density at radius 1 is 1.44 bits per heavy atom. The van der Waals surface area contributed by atoms with Crippen LogP contribution in [0.25, 0.3) is 0 Å². The zero-order valence-corrected chi connectivity index (χ0v) is 11.2. The number of ether oxygens (including phenoxy) is 2. The van der Waals surface area contributed by atoms with Gasteiger partial charge in [-0.2, -0.15) is 0 Å². The maximum Gasteiger partial charge on any atom is 0.140 e. The highest BCUT2D eigenvalue weighted by Gasteiger charge is 2.10. The minimum absolute atomic E-state index is 0.0813. The minimum atomic E-state index is -0.0813. The van der Waals surface area contributed by atoms with E-state index in [1.807, 2.05) is 30.5 Å². The second-order valence-corrected chi connectivity index (χ2v) is 4.89. The Morgan fingerprint density at radius 3 is 2.89 bits per heavy atom. The third-order valence-electron chi connectivity index (χ3n) is 2.55. The summed E-state index contributed by atoms with van der Waals surface area (Å²) in [5, 5.41) is 2.87. The van der Waals surface area contributed by atoms with Crippen LogP contribution in [0.1, 0.15) is 23.5 Å². The molecule has 18 heavy (non-hydrogen) atoms. The first kappa shape index (κ1) is 12.9. The van der Waals surface area contributed by atoms with Crippen LogP contribution in [0, 0.1) is 0 Å². The lowest BCUT2D eigenvalue weighted by Gasteiger charge is -2.14. The topological polar surface area (TPSA) is 57.4 Å². The summed E-state index contributed by atoms with van der Waals surface area (Å²) in [6.07, 6.45) is 1.77. The van der Waals surface area contributed by atoms with Crippen LogP contribution in [0.3, 0.4) is 0 Å². The van der Waals surface area contributed by atoms with Gasteiger partial charge in [-0.25, -0.2) is 4.98 Å². The normalized spacial score (nSPS) is 12.2. The first-order chi connectivity index (χ1) is 8.70. The van der Waals surface area contributed by atoms with Crippen LogP contribution >= 0.6 is 11.3 Å². The lowest BCUT2D eigenvalue weighted by Crippen LogP contribution is -2.08. The third kappa shape index (κ3) is 3.00. The number of methoxy groups -OCH3 is 1. The van der Waals surface area contributed by atoms with Gasteiger partial charge in [0.1, 0.15) is 23.1 Å². The molecule has 1 heterocycles. The van der Waals surface area contributed by atoms with Crippen molar-refractivity contribution in [2.24, 2.45) is 5.73 Å². The second kappa shape index (κ2) is 5.84. The van der Waals surface area contributed by atoms with Crippen molar-refractivity contribution in [2.45, 2.75) is 19.6 Å². The Hall–Kier alpha value is -1.59. The van der Waals surface area contributed by atoms with Gasteiger partial charge in [-0.15, -0.1) is 11.3 Å². The molecule has 0 fully saturated rings. The number of rotatable bonds is 5. The van der Waals surface area contributed by atoms with Gasteiger partial charge in [-0.05, 0) is 13.0 Å². The summed E-state index contributed by atoms with van der Waals surface area (Å²) in [5.74, 6) is 1.51. The predicted octanol–water partition coefficient (Wildman–Crippen LogP) is 2.75. The molecule has 1 aromatic heterocycles. The van der Waals surface area contributed by atoms with Crippen LogP contribution in [0.5, 0.6) is 11.5 Å². The molecular weight excluding hydrogens is 248 g/mol. The average molecular weight is 264 g/mol. The van der Waals surface area contributed by atoms with E-state index in [1.165, 1.54) is 0 Å². The van der Waals surface area contributed by atoms with Gasteiger partial charge in [0.25, 0.3) is 0 Å². The van der Waals surface area contributed by atoms with Gasteiger partial charge >= 0.3 is 0 Å². The Bertz CT molecular complexity index is 498. The summed E-state index contributed by atoms with van der Waals surface area (Å²) in [4.78, 5) is 4.18. The smallest absolute Gasteiger partial charge is 0.140 e. The van der Waals surface area contributed by atoms with Crippen molar-refractivity contribution in [3.8, 4) is 11.5 Å². The van der Waals surface area contributed by atoms with Gasteiger partial charge in [0.05, 0.1) is 7.11 Å². The Labute approximate surface area is 110 Å². The van der Waals surface area contributed by atoms with E-state index in [0.717, 1.165) is 22.1 Å². The fraction of sp³-hybridized carbons (Fsp3) is 0.308. The number of aromatic nitrogens is 1. The van der Waals surface area contributed by atoms with Crippen LogP contribution in [0.4, 0.5) is 0 Å². The molecule has 0 unspecified atom stereocenters. The molecule has 2 N–H and O–H groups in total. The summed E-state index contributed by atoms with van der Waals surface area (Å²) >= 11 is 1.57. The van der Waals surface area contributed by atoms with Crippen LogP contribution in [-0.4, -0.2) is 12.1 Å². The monoisotopic (exact) mass is 264 g/mol. The van der Waals surface area contributed by atoms with Crippen LogP contribution in [0.2, 0.25) is 0 Å². The molecule has 5 heteroatoms. The zero-order valence-electron chi connectivity index (χ0n) is 10.4. The molecule has 0 aliphatic rings. The van der Waals surface area contributed by atoms with Gasteiger partial charge < -0.3 is 15.2 Å². The fourth-order valence-corrected chi connectivity index (χ4v) is 2.13. The molecule has 0 radical (unpaired) electrons. The van der Waals surface area contributed by atoms with Crippen molar-refractivity contribution in [2.75, 3.05) is 7.11 Å². The Balaban J connectivity index is 2.18. The molecule has 4 nitrogen and oxygen atoms in total. The maximum absolute atomic E-state index is 5.92.